The molecule has 0 spiro atoms. The maximum atomic E-state index is 12.4. The number of fused-ring (bicyclic) bond motifs is 1. The van der Waals surface area contributed by atoms with Crippen molar-refractivity contribution in [3.8, 4) is 11.5 Å². The lowest BCUT2D eigenvalue weighted by molar-refractivity contribution is -0.121. The summed E-state index contributed by atoms with van der Waals surface area (Å²) < 4.78 is 7.45. The third kappa shape index (κ3) is 3.71. The number of aryl methyl sites for hydroxylation is 1. The number of carbonyl (C=O) groups excluding carboxylic acids is 1. The summed E-state index contributed by atoms with van der Waals surface area (Å²) in [5.41, 5.74) is 2.70. The van der Waals surface area contributed by atoms with Crippen LogP contribution in [0, 0.1) is 6.92 Å². The number of rotatable bonds is 5. The van der Waals surface area contributed by atoms with Gasteiger partial charge >= 0.3 is 0 Å². The van der Waals surface area contributed by atoms with Crippen LogP contribution in [0.3, 0.4) is 0 Å². The van der Waals surface area contributed by atoms with Gasteiger partial charge in [-0.15, -0.1) is 10.2 Å². The molecule has 0 aliphatic carbocycles. The Bertz CT molecular complexity index is 1120. The van der Waals surface area contributed by atoms with Crippen LogP contribution in [0.4, 0.5) is 0 Å². The average Bonchev–Trinajstić information content (AvgIpc) is 3.24. The quantitative estimate of drug-likeness (QED) is 0.568. The summed E-state index contributed by atoms with van der Waals surface area (Å²) >= 11 is 5.98. The van der Waals surface area contributed by atoms with Gasteiger partial charge in [0.05, 0.1) is 5.56 Å². The molecule has 27 heavy (non-hydrogen) atoms. The van der Waals surface area contributed by atoms with Gasteiger partial charge in [-0.1, -0.05) is 41.9 Å². The van der Waals surface area contributed by atoms with Crippen molar-refractivity contribution in [1.29, 1.82) is 0 Å². The zero-order chi connectivity index (χ0) is 18.8. The van der Waals surface area contributed by atoms with Gasteiger partial charge < -0.3 is 14.3 Å². The molecule has 2 aromatic carbocycles. The molecule has 7 heteroatoms. The second kappa shape index (κ2) is 7.25. The fourth-order valence-corrected chi connectivity index (χ4v) is 3.22. The number of halogens is 1. The molecule has 1 N–H and O–H groups in total. The monoisotopic (exact) mass is 380 g/mol. The van der Waals surface area contributed by atoms with Crippen molar-refractivity contribution in [2.24, 2.45) is 0 Å². The molecule has 6 nitrogen and oxygen atoms in total. The van der Waals surface area contributed by atoms with Crippen LogP contribution in [-0.2, 0) is 17.9 Å². The van der Waals surface area contributed by atoms with Crippen molar-refractivity contribution in [2.45, 2.75) is 20.0 Å². The predicted octanol–water partition coefficient (Wildman–Crippen LogP) is 3.97. The smallest absolute Gasteiger partial charge is 0.249 e. The minimum atomic E-state index is -0.0935. The molecule has 4 rings (SSSR count). The van der Waals surface area contributed by atoms with Gasteiger partial charge in [0.1, 0.15) is 6.54 Å². The van der Waals surface area contributed by atoms with E-state index in [0.717, 1.165) is 22.0 Å². The number of nitrogens with zero attached hydrogens (tertiary/aromatic N) is 3. The standard InChI is InChI=1S/C20H17ClN4O2/c1-13-23-24-20(27-13)17-11-25(18-8-3-2-7-16(17)18)12-19(26)22-10-14-5-4-6-15(21)9-14/h2-9,11H,10,12H2,1H3,(H,22,26). The van der Waals surface area contributed by atoms with Crippen molar-refractivity contribution in [3.05, 3.63) is 71.2 Å². The van der Waals surface area contributed by atoms with Crippen LogP contribution in [0.15, 0.2) is 59.1 Å². The van der Waals surface area contributed by atoms with E-state index in [1.165, 1.54) is 0 Å². The number of amides is 1. The van der Waals surface area contributed by atoms with Crippen molar-refractivity contribution in [3.63, 3.8) is 0 Å². The van der Waals surface area contributed by atoms with Gasteiger partial charge in [0.25, 0.3) is 0 Å². The number of aromatic nitrogens is 3. The molecule has 2 heterocycles. The molecular weight excluding hydrogens is 364 g/mol. The first-order valence-corrected chi connectivity index (χ1v) is 8.87. The van der Waals surface area contributed by atoms with Crippen molar-refractivity contribution >= 4 is 28.4 Å². The molecule has 0 atom stereocenters. The lowest BCUT2D eigenvalue weighted by Crippen LogP contribution is -2.26. The second-order valence-electron chi connectivity index (χ2n) is 6.22. The highest BCUT2D eigenvalue weighted by Crippen LogP contribution is 2.29. The van der Waals surface area contributed by atoms with Crippen LogP contribution in [0.5, 0.6) is 0 Å². The van der Waals surface area contributed by atoms with Gasteiger partial charge in [-0.3, -0.25) is 4.79 Å². The molecule has 1 amide bonds. The molecule has 0 aliphatic rings. The maximum absolute atomic E-state index is 12.4. The highest BCUT2D eigenvalue weighted by Gasteiger charge is 2.16. The van der Waals surface area contributed by atoms with E-state index in [0.29, 0.717) is 23.3 Å². The van der Waals surface area contributed by atoms with Gasteiger partial charge in [0.2, 0.25) is 17.7 Å². The van der Waals surface area contributed by atoms with Gasteiger partial charge in [0.15, 0.2) is 0 Å². The largest absolute Gasteiger partial charge is 0.421 e. The highest BCUT2D eigenvalue weighted by atomic mass is 35.5. The van der Waals surface area contributed by atoms with Crippen molar-refractivity contribution in [1.82, 2.24) is 20.1 Å². The number of hydrogen-bond donors (Lipinski definition) is 1. The zero-order valence-electron chi connectivity index (χ0n) is 14.6. The predicted molar refractivity (Wildman–Crippen MR) is 103 cm³/mol. The Morgan fingerprint density at radius 1 is 1.19 bits per heavy atom. The minimum absolute atomic E-state index is 0.0935. The van der Waals surface area contributed by atoms with Crippen LogP contribution in [0.2, 0.25) is 5.02 Å². The molecule has 0 bridgehead atoms. The summed E-state index contributed by atoms with van der Waals surface area (Å²) in [5.74, 6) is 0.854. The summed E-state index contributed by atoms with van der Waals surface area (Å²) in [6.07, 6.45) is 1.87. The summed E-state index contributed by atoms with van der Waals surface area (Å²) in [6.45, 7) is 2.36. The van der Waals surface area contributed by atoms with Crippen LogP contribution < -0.4 is 5.32 Å². The molecule has 0 saturated heterocycles. The number of nitrogens with one attached hydrogen (secondary N) is 1. The molecule has 0 aliphatic heterocycles. The van der Waals surface area contributed by atoms with Crippen molar-refractivity contribution < 1.29 is 9.21 Å². The third-order valence-corrected chi connectivity index (χ3v) is 4.47. The van der Waals surface area contributed by atoms with Crippen LogP contribution in [0.1, 0.15) is 11.5 Å². The Morgan fingerprint density at radius 2 is 2.04 bits per heavy atom. The SMILES string of the molecule is Cc1nnc(-c2cn(CC(=O)NCc3cccc(Cl)c3)c3ccccc23)o1. The Balaban J connectivity index is 1.56. The Kier molecular flexibility index (Phi) is 4.64. The first-order chi connectivity index (χ1) is 13.1. The average molecular weight is 381 g/mol. The van der Waals surface area contributed by atoms with E-state index in [1.807, 2.05) is 53.2 Å². The molecule has 0 radical (unpaired) electrons. The highest BCUT2D eigenvalue weighted by molar-refractivity contribution is 6.30. The number of para-hydroxylation sites is 1. The zero-order valence-corrected chi connectivity index (χ0v) is 15.4. The van der Waals surface area contributed by atoms with E-state index in [4.69, 9.17) is 16.0 Å². The number of hydrogen-bond acceptors (Lipinski definition) is 4. The fourth-order valence-electron chi connectivity index (χ4n) is 3.01. The van der Waals surface area contributed by atoms with E-state index < -0.39 is 0 Å². The number of benzene rings is 2. The third-order valence-electron chi connectivity index (χ3n) is 4.24. The first-order valence-electron chi connectivity index (χ1n) is 8.49. The van der Waals surface area contributed by atoms with E-state index in [-0.39, 0.29) is 12.5 Å². The van der Waals surface area contributed by atoms with E-state index in [2.05, 4.69) is 15.5 Å². The number of carbonyl (C=O) groups is 1. The van der Waals surface area contributed by atoms with E-state index in [1.54, 1.807) is 13.0 Å². The van der Waals surface area contributed by atoms with Gasteiger partial charge in [-0.25, -0.2) is 0 Å². The normalized spacial score (nSPS) is 11.0. The van der Waals surface area contributed by atoms with Crippen LogP contribution >= 0.6 is 11.6 Å². The minimum Gasteiger partial charge on any atom is -0.421 e. The summed E-state index contributed by atoms with van der Waals surface area (Å²) in [7, 11) is 0. The maximum Gasteiger partial charge on any atom is 0.249 e. The van der Waals surface area contributed by atoms with Crippen molar-refractivity contribution in [2.75, 3.05) is 0 Å². The molecule has 0 unspecified atom stereocenters. The summed E-state index contributed by atoms with van der Waals surface area (Å²) in [5, 5.41) is 12.5. The van der Waals surface area contributed by atoms with Crippen LogP contribution in [0.25, 0.3) is 22.4 Å². The molecule has 2 aromatic heterocycles. The van der Waals surface area contributed by atoms with E-state index >= 15 is 0 Å². The lowest BCUT2D eigenvalue weighted by atomic mass is 10.2. The topological polar surface area (TPSA) is 73.0 Å². The molecule has 4 aromatic rings. The summed E-state index contributed by atoms with van der Waals surface area (Å²) in [4.78, 5) is 12.4. The molecule has 0 saturated carbocycles. The fraction of sp³-hybridized carbons (Fsp3) is 0.150. The van der Waals surface area contributed by atoms with E-state index in [9.17, 15) is 4.79 Å². The molecule has 136 valence electrons. The molecule has 0 fully saturated rings. The lowest BCUT2D eigenvalue weighted by Gasteiger charge is -2.08. The van der Waals surface area contributed by atoms with Gasteiger partial charge in [-0.2, -0.15) is 0 Å². The Hall–Kier alpha value is -3.12. The van der Waals surface area contributed by atoms with Gasteiger partial charge in [-0.05, 0) is 23.8 Å². The van der Waals surface area contributed by atoms with Crippen LogP contribution in [-0.4, -0.2) is 20.7 Å². The molecular formula is C20H17ClN4O2. The second-order valence-corrected chi connectivity index (χ2v) is 6.66. The summed E-state index contributed by atoms with van der Waals surface area (Å²) in [6, 6.07) is 15.2. The Morgan fingerprint density at radius 3 is 2.81 bits per heavy atom. The Labute approximate surface area is 160 Å². The first kappa shape index (κ1) is 17.3. The van der Waals surface area contributed by atoms with Gasteiger partial charge in [0, 0.05) is 35.6 Å².